The molecule has 0 saturated heterocycles. The topological polar surface area (TPSA) is 36.9 Å². The van der Waals surface area contributed by atoms with E-state index in [0.717, 1.165) is 17.1 Å². The fourth-order valence-electron chi connectivity index (χ4n) is 2.07. The van der Waals surface area contributed by atoms with Crippen LogP contribution in [0.25, 0.3) is 6.08 Å². The molecule has 0 unspecified atom stereocenters. The van der Waals surface area contributed by atoms with E-state index in [-0.39, 0.29) is 0 Å². The summed E-state index contributed by atoms with van der Waals surface area (Å²) in [6.07, 6.45) is 5.64. The Kier molecular flexibility index (Phi) is 6.77. The van der Waals surface area contributed by atoms with Gasteiger partial charge in [-0.25, -0.2) is 0 Å². The van der Waals surface area contributed by atoms with Crippen molar-refractivity contribution >= 4 is 6.08 Å². The van der Waals surface area contributed by atoms with Crippen LogP contribution in [-0.2, 0) is 0 Å². The van der Waals surface area contributed by atoms with Gasteiger partial charge in [-0.2, -0.15) is 0 Å². The third-order valence-corrected chi connectivity index (χ3v) is 3.26. The van der Waals surface area contributed by atoms with E-state index in [0.29, 0.717) is 24.7 Å². The second kappa shape index (κ2) is 9.30. The third kappa shape index (κ3) is 5.09. The van der Waals surface area contributed by atoms with Gasteiger partial charge in [-0.15, -0.1) is 0 Å². The highest BCUT2D eigenvalue weighted by atomic mass is 16.5. The molecule has 24 heavy (non-hydrogen) atoms. The first-order valence-corrected chi connectivity index (χ1v) is 7.62. The van der Waals surface area contributed by atoms with Crippen molar-refractivity contribution in [2.75, 3.05) is 27.4 Å². The van der Waals surface area contributed by atoms with E-state index in [2.05, 4.69) is 6.58 Å². The van der Waals surface area contributed by atoms with Gasteiger partial charge in [0.05, 0.1) is 14.2 Å². The van der Waals surface area contributed by atoms with Crippen LogP contribution in [0, 0.1) is 0 Å². The quantitative estimate of drug-likeness (QED) is 0.642. The summed E-state index contributed by atoms with van der Waals surface area (Å²) in [7, 11) is 3.24. The van der Waals surface area contributed by atoms with E-state index >= 15 is 0 Å². The van der Waals surface area contributed by atoms with E-state index < -0.39 is 0 Å². The molecular weight excluding hydrogens is 304 g/mol. The Hall–Kier alpha value is -2.88. The van der Waals surface area contributed by atoms with Crippen LogP contribution in [-0.4, -0.2) is 27.4 Å². The molecule has 0 amide bonds. The molecule has 0 bridgehead atoms. The zero-order chi connectivity index (χ0) is 17.2. The van der Waals surface area contributed by atoms with Crippen molar-refractivity contribution in [3.63, 3.8) is 0 Å². The molecule has 0 aliphatic carbocycles. The number of hydrogen-bond acceptors (Lipinski definition) is 4. The molecule has 0 spiro atoms. The molecule has 0 aliphatic rings. The fraction of sp³-hybridized carbons (Fsp3) is 0.200. The normalized spacial score (nSPS) is 10.4. The van der Waals surface area contributed by atoms with E-state index in [4.69, 9.17) is 18.9 Å². The van der Waals surface area contributed by atoms with Crippen LogP contribution < -0.4 is 18.9 Å². The molecule has 2 aromatic carbocycles. The molecule has 4 heteroatoms. The Morgan fingerprint density at radius 3 is 2.04 bits per heavy atom. The Labute approximate surface area is 142 Å². The fourth-order valence-corrected chi connectivity index (χ4v) is 2.07. The van der Waals surface area contributed by atoms with Gasteiger partial charge in [0.25, 0.3) is 0 Å². The number of hydrogen-bond donors (Lipinski definition) is 0. The van der Waals surface area contributed by atoms with Gasteiger partial charge in [0, 0.05) is 0 Å². The first-order valence-electron chi connectivity index (χ1n) is 7.62. The SMILES string of the molecule is C=CCOc1ccc(OCC=Cc2ccc(OC)c(OC)c2)cc1. The maximum absolute atomic E-state index is 5.67. The molecule has 0 radical (unpaired) electrons. The summed E-state index contributed by atoms with van der Waals surface area (Å²) in [6.45, 7) is 4.58. The lowest BCUT2D eigenvalue weighted by molar-refractivity contribution is 0.353. The Balaban J connectivity index is 1.87. The maximum Gasteiger partial charge on any atom is 0.161 e. The highest BCUT2D eigenvalue weighted by Gasteiger charge is 2.02. The van der Waals surface area contributed by atoms with Gasteiger partial charge in [-0.05, 0) is 48.0 Å². The Morgan fingerprint density at radius 2 is 1.46 bits per heavy atom. The van der Waals surface area contributed by atoms with Crippen LogP contribution in [0.5, 0.6) is 23.0 Å². The molecule has 2 aromatic rings. The van der Waals surface area contributed by atoms with Crippen LogP contribution in [0.1, 0.15) is 5.56 Å². The predicted molar refractivity (Wildman–Crippen MR) is 96.2 cm³/mol. The maximum atomic E-state index is 5.67. The monoisotopic (exact) mass is 326 g/mol. The number of ether oxygens (including phenoxy) is 4. The van der Waals surface area contributed by atoms with Crippen molar-refractivity contribution in [2.24, 2.45) is 0 Å². The Bertz CT molecular complexity index is 675. The summed E-state index contributed by atoms with van der Waals surface area (Å²) >= 11 is 0. The molecule has 2 rings (SSSR count). The molecule has 0 aliphatic heterocycles. The lowest BCUT2D eigenvalue weighted by atomic mass is 10.2. The molecule has 126 valence electrons. The highest BCUT2D eigenvalue weighted by molar-refractivity contribution is 5.56. The molecule has 4 nitrogen and oxygen atoms in total. The molecule has 0 N–H and O–H groups in total. The lowest BCUT2D eigenvalue weighted by Gasteiger charge is -2.08. The number of rotatable bonds is 9. The van der Waals surface area contributed by atoms with E-state index in [1.807, 2.05) is 54.6 Å². The first-order chi connectivity index (χ1) is 11.8. The van der Waals surface area contributed by atoms with E-state index in [9.17, 15) is 0 Å². The minimum absolute atomic E-state index is 0.473. The lowest BCUT2D eigenvalue weighted by Crippen LogP contribution is -1.95. The summed E-state index contributed by atoms with van der Waals surface area (Å²) in [4.78, 5) is 0. The van der Waals surface area contributed by atoms with Crippen molar-refractivity contribution in [2.45, 2.75) is 0 Å². The van der Waals surface area contributed by atoms with Crippen molar-refractivity contribution < 1.29 is 18.9 Å². The van der Waals surface area contributed by atoms with Gasteiger partial charge in [-0.3, -0.25) is 0 Å². The average molecular weight is 326 g/mol. The summed E-state index contributed by atoms with van der Waals surface area (Å²) in [5.41, 5.74) is 1.02. The third-order valence-electron chi connectivity index (χ3n) is 3.26. The van der Waals surface area contributed by atoms with Gasteiger partial charge >= 0.3 is 0 Å². The van der Waals surface area contributed by atoms with Crippen LogP contribution >= 0.6 is 0 Å². The van der Waals surface area contributed by atoms with Crippen molar-refractivity contribution in [3.8, 4) is 23.0 Å². The molecule has 0 fully saturated rings. The van der Waals surface area contributed by atoms with E-state index in [1.54, 1.807) is 20.3 Å². The molecule has 0 saturated carbocycles. The number of benzene rings is 2. The minimum atomic E-state index is 0.473. The molecule has 0 atom stereocenters. The van der Waals surface area contributed by atoms with Gasteiger partial charge in [-0.1, -0.05) is 24.8 Å². The second-order valence-electron chi connectivity index (χ2n) is 4.90. The smallest absolute Gasteiger partial charge is 0.161 e. The van der Waals surface area contributed by atoms with Gasteiger partial charge < -0.3 is 18.9 Å². The van der Waals surface area contributed by atoms with Crippen LogP contribution in [0.3, 0.4) is 0 Å². The average Bonchev–Trinajstić information content (AvgIpc) is 2.64. The molecule has 0 heterocycles. The summed E-state index contributed by atoms with van der Waals surface area (Å²) in [5, 5.41) is 0. The van der Waals surface area contributed by atoms with Gasteiger partial charge in [0.15, 0.2) is 11.5 Å². The van der Waals surface area contributed by atoms with Crippen LogP contribution in [0.15, 0.2) is 61.2 Å². The van der Waals surface area contributed by atoms with Gasteiger partial charge in [0.1, 0.15) is 24.7 Å². The van der Waals surface area contributed by atoms with Crippen molar-refractivity contribution in [3.05, 3.63) is 66.8 Å². The standard InChI is InChI=1S/C20H22O4/c1-4-13-23-17-8-10-18(11-9-17)24-14-5-6-16-7-12-19(21-2)20(15-16)22-3/h4-12,15H,1,13-14H2,2-3H3. The Morgan fingerprint density at radius 1 is 0.833 bits per heavy atom. The molecular formula is C20H22O4. The zero-order valence-corrected chi connectivity index (χ0v) is 14.0. The van der Waals surface area contributed by atoms with Crippen molar-refractivity contribution in [1.29, 1.82) is 0 Å². The molecule has 0 aromatic heterocycles. The summed E-state index contributed by atoms with van der Waals surface area (Å²) in [6, 6.07) is 13.3. The largest absolute Gasteiger partial charge is 0.493 e. The second-order valence-corrected chi connectivity index (χ2v) is 4.90. The van der Waals surface area contributed by atoms with Crippen molar-refractivity contribution in [1.82, 2.24) is 0 Å². The van der Waals surface area contributed by atoms with Crippen LogP contribution in [0.2, 0.25) is 0 Å². The highest BCUT2D eigenvalue weighted by Crippen LogP contribution is 2.28. The van der Waals surface area contributed by atoms with E-state index in [1.165, 1.54) is 0 Å². The summed E-state index contributed by atoms with van der Waals surface area (Å²) < 4.78 is 21.6. The van der Waals surface area contributed by atoms with Gasteiger partial charge in [0.2, 0.25) is 0 Å². The van der Waals surface area contributed by atoms with Crippen LogP contribution in [0.4, 0.5) is 0 Å². The predicted octanol–water partition coefficient (Wildman–Crippen LogP) is 4.36. The zero-order valence-electron chi connectivity index (χ0n) is 14.0. The first kappa shape index (κ1) is 17.5. The minimum Gasteiger partial charge on any atom is -0.493 e. The summed E-state index contributed by atoms with van der Waals surface area (Å²) in [5.74, 6) is 3.00. The number of methoxy groups -OCH3 is 2.